The van der Waals surface area contributed by atoms with Crippen molar-refractivity contribution in [2.75, 3.05) is 7.11 Å². The molecule has 130 valence electrons. The van der Waals surface area contributed by atoms with Crippen LogP contribution >= 0.6 is 0 Å². The Morgan fingerprint density at radius 1 is 1.20 bits per heavy atom. The minimum absolute atomic E-state index is 0.0437. The third kappa shape index (κ3) is 3.43. The molecule has 1 heterocycles. The number of carbonyl (C=O) groups is 1. The maximum atomic E-state index is 12.1. The van der Waals surface area contributed by atoms with Crippen molar-refractivity contribution in [2.45, 2.75) is 39.2 Å². The summed E-state index contributed by atoms with van der Waals surface area (Å²) in [5, 5.41) is 6.21. The molecular weight excluding hydrogens is 312 g/mol. The number of rotatable bonds is 4. The Balaban J connectivity index is 1.97. The van der Waals surface area contributed by atoms with E-state index in [2.05, 4.69) is 25.0 Å². The normalized spacial score (nSPS) is 16.9. The van der Waals surface area contributed by atoms with Crippen molar-refractivity contribution < 1.29 is 9.53 Å². The second-order valence-corrected chi connectivity index (χ2v) is 6.65. The van der Waals surface area contributed by atoms with Gasteiger partial charge >= 0.3 is 0 Å². The summed E-state index contributed by atoms with van der Waals surface area (Å²) in [5.41, 5.74) is 4.25. The first kappa shape index (κ1) is 17.2. The SMILES string of the molecule is COc1ccc(C2CC(c3ccccc3)=NN2C(C)=O)cc1C(C)C. The average molecular weight is 336 g/mol. The molecule has 3 rings (SSSR count). The van der Waals surface area contributed by atoms with Crippen molar-refractivity contribution >= 4 is 11.6 Å². The second kappa shape index (κ2) is 7.09. The van der Waals surface area contributed by atoms with Crippen LogP contribution in [0.3, 0.4) is 0 Å². The highest BCUT2D eigenvalue weighted by Gasteiger charge is 2.31. The number of ether oxygens (including phenoxy) is 1. The molecular formula is C21H24N2O2. The fourth-order valence-electron chi connectivity index (χ4n) is 3.28. The Hall–Kier alpha value is -2.62. The lowest BCUT2D eigenvalue weighted by atomic mass is 9.93. The lowest BCUT2D eigenvalue weighted by Gasteiger charge is -2.22. The van der Waals surface area contributed by atoms with Crippen LogP contribution in [-0.2, 0) is 4.79 Å². The molecule has 1 aliphatic heterocycles. The number of methoxy groups -OCH3 is 1. The molecule has 4 heteroatoms. The van der Waals surface area contributed by atoms with E-state index in [1.165, 1.54) is 0 Å². The minimum atomic E-state index is -0.0730. The molecule has 0 saturated carbocycles. The molecule has 0 spiro atoms. The van der Waals surface area contributed by atoms with Gasteiger partial charge in [-0.25, -0.2) is 5.01 Å². The number of hydrogen-bond acceptors (Lipinski definition) is 3. The number of nitrogens with zero attached hydrogens (tertiary/aromatic N) is 2. The average Bonchev–Trinajstić information content (AvgIpc) is 3.07. The van der Waals surface area contributed by atoms with Crippen molar-refractivity contribution in [3.63, 3.8) is 0 Å². The Labute approximate surface area is 149 Å². The third-order valence-corrected chi connectivity index (χ3v) is 4.60. The zero-order chi connectivity index (χ0) is 18.0. The summed E-state index contributed by atoms with van der Waals surface area (Å²) in [7, 11) is 1.69. The lowest BCUT2D eigenvalue weighted by molar-refractivity contribution is -0.130. The van der Waals surface area contributed by atoms with Gasteiger partial charge in [0.05, 0.1) is 18.9 Å². The van der Waals surface area contributed by atoms with Gasteiger partial charge in [-0.05, 0) is 34.7 Å². The summed E-state index contributed by atoms with van der Waals surface area (Å²) in [6.45, 7) is 5.85. The van der Waals surface area contributed by atoms with Crippen LogP contribution in [0.4, 0.5) is 0 Å². The summed E-state index contributed by atoms with van der Waals surface area (Å²) < 4.78 is 5.48. The quantitative estimate of drug-likeness (QED) is 0.824. The molecule has 2 aromatic carbocycles. The number of hydrogen-bond donors (Lipinski definition) is 0. The van der Waals surface area contributed by atoms with Crippen LogP contribution in [0.5, 0.6) is 5.75 Å². The fraction of sp³-hybridized carbons (Fsp3) is 0.333. The third-order valence-electron chi connectivity index (χ3n) is 4.60. The lowest BCUT2D eigenvalue weighted by Crippen LogP contribution is -2.24. The smallest absolute Gasteiger partial charge is 0.240 e. The molecule has 1 aliphatic rings. The van der Waals surface area contributed by atoms with E-state index in [0.717, 1.165) is 28.2 Å². The molecule has 4 nitrogen and oxygen atoms in total. The summed E-state index contributed by atoms with van der Waals surface area (Å²) >= 11 is 0. The Kier molecular flexibility index (Phi) is 4.88. The van der Waals surface area contributed by atoms with Crippen LogP contribution in [0.2, 0.25) is 0 Å². The predicted octanol–water partition coefficient (Wildman–Crippen LogP) is 4.52. The molecule has 0 aromatic heterocycles. The van der Waals surface area contributed by atoms with Gasteiger partial charge in [-0.1, -0.05) is 50.2 Å². The molecule has 0 N–H and O–H groups in total. The van der Waals surface area contributed by atoms with E-state index in [9.17, 15) is 4.79 Å². The fourth-order valence-corrected chi connectivity index (χ4v) is 3.28. The summed E-state index contributed by atoms with van der Waals surface area (Å²) in [6.07, 6.45) is 0.716. The van der Waals surface area contributed by atoms with Crippen molar-refractivity contribution in [1.29, 1.82) is 0 Å². The van der Waals surface area contributed by atoms with Crippen molar-refractivity contribution in [2.24, 2.45) is 5.10 Å². The molecule has 0 aliphatic carbocycles. The molecule has 1 amide bonds. The van der Waals surface area contributed by atoms with Gasteiger partial charge in [0, 0.05) is 13.3 Å². The number of amides is 1. The number of hydrazone groups is 1. The Morgan fingerprint density at radius 2 is 1.92 bits per heavy atom. The van der Waals surface area contributed by atoms with E-state index in [1.54, 1.807) is 19.0 Å². The Morgan fingerprint density at radius 3 is 2.52 bits per heavy atom. The van der Waals surface area contributed by atoms with Crippen molar-refractivity contribution in [3.05, 3.63) is 65.2 Å². The van der Waals surface area contributed by atoms with Gasteiger partial charge in [0.25, 0.3) is 0 Å². The molecule has 0 bridgehead atoms. The van der Waals surface area contributed by atoms with Crippen LogP contribution in [-0.4, -0.2) is 23.7 Å². The summed E-state index contributed by atoms with van der Waals surface area (Å²) in [4.78, 5) is 12.1. The largest absolute Gasteiger partial charge is 0.496 e. The number of benzene rings is 2. The van der Waals surface area contributed by atoms with Crippen LogP contribution in [0.25, 0.3) is 0 Å². The molecule has 0 fully saturated rings. The van der Waals surface area contributed by atoms with Gasteiger partial charge in [0.2, 0.25) is 5.91 Å². The summed E-state index contributed by atoms with van der Waals surface area (Å²) in [5.74, 6) is 1.18. The first-order valence-electron chi connectivity index (χ1n) is 8.61. The first-order valence-corrected chi connectivity index (χ1v) is 8.61. The van der Waals surface area contributed by atoms with Crippen molar-refractivity contribution in [3.8, 4) is 5.75 Å². The zero-order valence-electron chi connectivity index (χ0n) is 15.2. The van der Waals surface area contributed by atoms with Crippen LogP contribution in [0, 0.1) is 0 Å². The van der Waals surface area contributed by atoms with E-state index >= 15 is 0 Å². The van der Waals surface area contributed by atoms with Crippen LogP contribution < -0.4 is 4.74 Å². The van der Waals surface area contributed by atoms with Crippen molar-refractivity contribution in [1.82, 2.24) is 5.01 Å². The molecule has 0 radical (unpaired) electrons. The maximum Gasteiger partial charge on any atom is 0.240 e. The van der Waals surface area contributed by atoms with E-state index in [4.69, 9.17) is 4.74 Å². The molecule has 2 aromatic rings. The van der Waals surface area contributed by atoms with Crippen LogP contribution in [0.15, 0.2) is 53.6 Å². The van der Waals surface area contributed by atoms with E-state index in [1.807, 2.05) is 42.5 Å². The topological polar surface area (TPSA) is 41.9 Å². The molecule has 25 heavy (non-hydrogen) atoms. The Bertz CT molecular complexity index is 797. The monoisotopic (exact) mass is 336 g/mol. The first-order chi connectivity index (χ1) is 12.0. The molecule has 1 unspecified atom stereocenters. The van der Waals surface area contributed by atoms with Gasteiger partial charge in [-0.15, -0.1) is 0 Å². The van der Waals surface area contributed by atoms with Gasteiger partial charge in [0.1, 0.15) is 5.75 Å². The highest BCUT2D eigenvalue weighted by molar-refractivity contribution is 6.03. The van der Waals surface area contributed by atoms with Gasteiger partial charge in [-0.2, -0.15) is 5.10 Å². The van der Waals surface area contributed by atoms with E-state index < -0.39 is 0 Å². The highest BCUT2D eigenvalue weighted by Crippen LogP contribution is 2.36. The summed E-state index contributed by atoms with van der Waals surface area (Å²) in [6, 6.07) is 16.1. The van der Waals surface area contributed by atoms with E-state index in [0.29, 0.717) is 12.3 Å². The molecule has 1 atom stereocenters. The van der Waals surface area contributed by atoms with Gasteiger partial charge in [-0.3, -0.25) is 4.79 Å². The highest BCUT2D eigenvalue weighted by atomic mass is 16.5. The maximum absolute atomic E-state index is 12.1. The molecule has 0 saturated heterocycles. The predicted molar refractivity (Wildman–Crippen MR) is 99.9 cm³/mol. The standard InChI is InChI=1S/C21H24N2O2/c1-14(2)18-12-17(10-11-21(18)25-4)20-13-19(22-23(20)15(3)24)16-8-6-5-7-9-16/h5-12,14,20H,13H2,1-4H3. The number of carbonyl (C=O) groups excluding carboxylic acids is 1. The van der Waals surface area contributed by atoms with Crippen LogP contribution in [0.1, 0.15) is 55.8 Å². The minimum Gasteiger partial charge on any atom is -0.496 e. The second-order valence-electron chi connectivity index (χ2n) is 6.65. The van der Waals surface area contributed by atoms with E-state index in [-0.39, 0.29) is 11.9 Å². The van der Waals surface area contributed by atoms with Gasteiger partial charge in [0.15, 0.2) is 0 Å². The zero-order valence-corrected chi connectivity index (χ0v) is 15.2. The van der Waals surface area contributed by atoms with Gasteiger partial charge < -0.3 is 4.74 Å².